The van der Waals surface area contributed by atoms with Crippen LogP contribution in [0, 0.1) is 0 Å². The van der Waals surface area contributed by atoms with Crippen molar-refractivity contribution in [1.82, 2.24) is 9.78 Å². The van der Waals surface area contributed by atoms with Crippen molar-refractivity contribution in [2.45, 2.75) is 83.5 Å². The van der Waals surface area contributed by atoms with Crippen molar-refractivity contribution in [1.29, 1.82) is 0 Å². The van der Waals surface area contributed by atoms with Gasteiger partial charge in [-0.3, -0.25) is 4.79 Å². The minimum atomic E-state index is -0.427. The van der Waals surface area contributed by atoms with E-state index in [2.05, 4.69) is 5.10 Å². The smallest absolute Gasteiger partial charge is 0.399 e. The van der Waals surface area contributed by atoms with Gasteiger partial charge in [0.2, 0.25) is 0 Å². The second kappa shape index (κ2) is 6.75. The Morgan fingerprint density at radius 2 is 1.67 bits per heavy atom. The predicted molar refractivity (Wildman–Crippen MR) is 108 cm³/mol. The predicted octanol–water partition coefficient (Wildman–Crippen LogP) is 3.59. The average molecular weight is 368 g/mol. The van der Waals surface area contributed by atoms with Crippen LogP contribution in [0.1, 0.15) is 72.3 Å². The lowest BCUT2D eigenvalue weighted by Gasteiger charge is -2.32. The highest BCUT2D eigenvalue weighted by atomic mass is 16.7. The number of fused-ring (bicyclic) bond motifs is 1. The van der Waals surface area contributed by atoms with E-state index in [1.54, 1.807) is 4.68 Å². The summed E-state index contributed by atoms with van der Waals surface area (Å²) < 4.78 is 14.0. The molecular weight excluding hydrogens is 339 g/mol. The Labute approximate surface area is 161 Å². The molecule has 0 amide bonds. The summed E-state index contributed by atoms with van der Waals surface area (Å²) in [6.07, 6.45) is 8.78. The van der Waals surface area contributed by atoms with Crippen molar-refractivity contribution in [3.63, 3.8) is 0 Å². The molecule has 2 heterocycles. The molecule has 1 saturated carbocycles. The molecule has 27 heavy (non-hydrogen) atoms. The second-order valence-electron chi connectivity index (χ2n) is 8.97. The summed E-state index contributed by atoms with van der Waals surface area (Å²) in [5.41, 5.74) is 0.177. The van der Waals surface area contributed by atoms with Gasteiger partial charge in [0.15, 0.2) is 0 Å². The number of benzene rings is 1. The van der Waals surface area contributed by atoms with Crippen molar-refractivity contribution in [3.8, 4) is 0 Å². The van der Waals surface area contributed by atoms with Gasteiger partial charge in [-0.2, -0.15) is 5.10 Å². The molecule has 1 aromatic heterocycles. The van der Waals surface area contributed by atoms with Gasteiger partial charge in [-0.15, -0.1) is 0 Å². The third-order valence-electron chi connectivity index (χ3n) is 6.53. The second-order valence-corrected chi connectivity index (χ2v) is 8.97. The van der Waals surface area contributed by atoms with Gasteiger partial charge in [0, 0.05) is 5.39 Å². The summed E-state index contributed by atoms with van der Waals surface area (Å²) in [4.78, 5) is 13.0. The van der Waals surface area contributed by atoms with Gasteiger partial charge >= 0.3 is 7.12 Å². The van der Waals surface area contributed by atoms with Crippen LogP contribution in [0.15, 0.2) is 29.2 Å². The fraction of sp³-hybridized carbons (Fsp3) is 0.619. The van der Waals surface area contributed by atoms with Gasteiger partial charge in [0.1, 0.15) is 0 Å². The molecule has 1 saturated heterocycles. The SMILES string of the molecule is CC1(C)OB(c2ccc3c(=O)n(C4CCCCCC4)ncc3c2)OC1(C)C. The first kappa shape index (κ1) is 18.7. The maximum atomic E-state index is 13.0. The van der Waals surface area contributed by atoms with Crippen LogP contribution in [0.25, 0.3) is 10.8 Å². The van der Waals surface area contributed by atoms with Gasteiger partial charge in [-0.25, -0.2) is 4.68 Å². The normalized spacial score (nSPS) is 22.9. The number of hydrogen-bond donors (Lipinski definition) is 0. The van der Waals surface area contributed by atoms with E-state index >= 15 is 0 Å². The van der Waals surface area contributed by atoms with Crippen molar-refractivity contribution < 1.29 is 9.31 Å². The van der Waals surface area contributed by atoms with Crippen molar-refractivity contribution in [2.24, 2.45) is 0 Å². The third-order valence-corrected chi connectivity index (χ3v) is 6.53. The van der Waals surface area contributed by atoms with E-state index in [0.717, 1.165) is 29.1 Å². The average Bonchev–Trinajstić information content (AvgIpc) is 2.80. The molecule has 2 aromatic rings. The highest BCUT2D eigenvalue weighted by Crippen LogP contribution is 2.36. The van der Waals surface area contributed by atoms with Crippen LogP contribution in [0.3, 0.4) is 0 Å². The molecule has 0 unspecified atom stereocenters. The number of hydrogen-bond acceptors (Lipinski definition) is 4. The number of aromatic nitrogens is 2. The van der Waals surface area contributed by atoms with Crippen LogP contribution in [0.2, 0.25) is 0 Å². The third kappa shape index (κ3) is 3.34. The summed E-state index contributed by atoms with van der Waals surface area (Å²) >= 11 is 0. The highest BCUT2D eigenvalue weighted by molar-refractivity contribution is 6.62. The topological polar surface area (TPSA) is 53.4 Å². The Bertz CT molecular complexity index is 882. The van der Waals surface area contributed by atoms with Gasteiger partial charge in [-0.1, -0.05) is 37.8 Å². The van der Waals surface area contributed by atoms with E-state index in [-0.39, 0.29) is 22.8 Å². The first-order chi connectivity index (χ1) is 12.8. The summed E-state index contributed by atoms with van der Waals surface area (Å²) in [6, 6.07) is 6.05. The molecule has 5 nitrogen and oxygen atoms in total. The standard InChI is InChI=1S/C21H29BN2O3/c1-20(2)21(3,4)27-22(26-20)16-11-12-18-15(13-16)14-23-24(19(18)25)17-9-7-5-6-8-10-17/h11-14,17H,5-10H2,1-4H3. The quantitative estimate of drug-likeness (QED) is 0.601. The van der Waals surface area contributed by atoms with Crippen LogP contribution in [0.5, 0.6) is 0 Å². The van der Waals surface area contributed by atoms with Crippen LogP contribution < -0.4 is 11.0 Å². The van der Waals surface area contributed by atoms with Gasteiger partial charge in [0.25, 0.3) is 5.56 Å². The number of nitrogens with zero attached hydrogens (tertiary/aromatic N) is 2. The molecule has 6 heteroatoms. The lowest BCUT2D eigenvalue weighted by atomic mass is 9.78. The Morgan fingerprint density at radius 1 is 1.04 bits per heavy atom. The van der Waals surface area contributed by atoms with E-state index < -0.39 is 7.12 Å². The minimum absolute atomic E-state index is 0.0138. The zero-order valence-corrected chi connectivity index (χ0v) is 16.8. The summed E-state index contributed by atoms with van der Waals surface area (Å²) in [5, 5.41) is 6.08. The molecule has 0 atom stereocenters. The summed E-state index contributed by atoms with van der Waals surface area (Å²) in [7, 11) is -0.427. The molecule has 1 aliphatic heterocycles. The van der Waals surface area contributed by atoms with Gasteiger partial charge in [-0.05, 0) is 52.1 Å². The fourth-order valence-corrected chi connectivity index (χ4v) is 4.07. The lowest BCUT2D eigenvalue weighted by Crippen LogP contribution is -2.41. The van der Waals surface area contributed by atoms with Crippen LogP contribution >= 0.6 is 0 Å². The Kier molecular flexibility index (Phi) is 4.67. The minimum Gasteiger partial charge on any atom is -0.399 e. The van der Waals surface area contributed by atoms with Crippen LogP contribution in [0.4, 0.5) is 0 Å². The molecule has 1 aliphatic carbocycles. The molecular formula is C21H29BN2O3. The molecule has 2 fully saturated rings. The van der Waals surface area contributed by atoms with Crippen LogP contribution in [-0.4, -0.2) is 28.1 Å². The number of rotatable bonds is 2. The fourth-order valence-electron chi connectivity index (χ4n) is 4.07. The van der Waals surface area contributed by atoms with E-state index in [1.165, 1.54) is 25.7 Å². The first-order valence-corrected chi connectivity index (χ1v) is 10.2. The van der Waals surface area contributed by atoms with E-state index in [0.29, 0.717) is 0 Å². The summed E-state index contributed by atoms with van der Waals surface area (Å²) in [5.74, 6) is 0. The molecule has 0 N–H and O–H groups in total. The molecule has 0 bridgehead atoms. The van der Waals surface area contributed by atoms with Gasteiger partial charge in [0.05, 0.1) is 28.8 Å². The molecule has 0 spiro atoms. The Morgan fingerprint density at radius 3 is 2.30 bits per heavy atom. The summed E-state index contributed by atoms with van der Waals surface area (Å²) in [6.45, 7) is 8.17. The molecule has 4 rings (SSSR count). The maximum Gasteiger partial charge on any atom is 0.494 e. The zero-order chi connectivity index (χ0) is 19.2. The van der Waals surface area contributed by atoms with E-state index in [9.17, 15) is 4.79 Å². The van der Waals surface area contributed by atoms with Gasteiger partial charge < -0.3 is 9.31 Å². The molecule has 2 aliphatic rings. The Balaban J connectivity index is 1.67. The van der Waals surface area contributed by atoms with Crippen molar-refractivity contribution >= 4 is 23.4 Å². The molecule has 0 radical (unpaired) electrons. The van der Waals surface area contributed by atoms with E-state index in [4.69, 9.17) is 9.31 Å². The van der Waals surface area contributed by atoms with Crippen molar-refractivity contribution in [3.05, 3.63) is 34.7 Å². The molecule has 1 aromatic carbocycles. The van der Waals surface area contributed by atoms with E-state index in [1.807, 2.05) is 52.1 Å². The monoisotopic (exact) mass is 368 g/mol. The zero-order valence-electron chi connectivity index (χ0n) is 16.8. The Hall–Kier alpha value is -1.66. The lowest BCUT2D eigenvalue weighted by molar-refractivity contribution is 0.00578. The maximum absolute atomic E-state index is 13.0. The largest absolute Gasteiger partial charge is 0.494 e. The molecule has 144 valence electrons. The first-order valence-electron chi connectivity index (χ1n) is 10.2. The van der Waals surface area contributed by atoms with Crippen molar-refractivity contribution in [2.75, 3.05) is 0 Å². The highest BCUT2D eigenvalue weighted by Gasteiger charge is 2.51. The van der Waals surface area contributed by atoms with Crippen LogP contribution in [-0.2, 0) is 9.31 Å².